The molecular weight excluding hydrogens is 318 g/mol. The first-order valence-electron chi connectivity index (χ1n) is 7.08. The molecule has 0 saturated heterocycles. The Hall–Kier alpha value is -1.36. The highest BCUT2D eigenvalue weighted by atomic mass is 35.5. The van der Waals surface area contributed by atoms with E-state index in [2.05, 4.69) is 4.72 Å². The number of nitrogens with one attached hydrogen (secondary N) is 1. The Bertz CT molecular complexity index is 755. The second-order valence-electron chi connectivity index (χ2n) is 5.59. The van der Waals surface area contributed by atoms with Crippen molar-refractivity contribution in [2.75, 3.05) is 0 Å². The van der Waals surface area contributed by atoms with Crippen molar-refractivity contribution in [3.8, 4) is 0 Å². The van der Waals surface area contributed by atoms with Crippen molar-refractivity contribution in [3.05, 3.63) is 69.7 Å². The van der Waals surface area contributed by atoms with Gasteiger partial charge in [-0.1, -0.05) is 47.5 Å². The van der Waals surface area contributed by atoms with E-state index in [0.717, 1.165) is 16.7 Å². The maximum atomic E-state index is 12.3. The summed E-state index contributed by atoms with van der Waals surface area (Å²) < 4.78 is 27.4. The van der Waals surface area contributed by atoms with Gasteiger partial charge >= 0.3 is 0 Å². The van der Waals surface area contributed by atoms with Gasteiger partial charge in [0.05, 0.1) is 5.75 Å². The molecule has 2 rings (SSSR count). The van der Waals surface area contributed by atoms with Gasteiger partial charge in [-0.3, -0.25) is 0 Å². The van der Waals surface area contributed by atoms with Gasteiger partial charge in [0.1, 0.15) is 0 Å². The summed E-state index contributed by atoms with van der Waals surface area (Å²) in [4.78, 5) is 0. The largest absolute Gasteiger partial charge is 0.216 e. The van der Waals surface area contributed by atoms with Crippen LogP contribution >= 0.6 is 11.6 Å². The van der Waals surface area contributed by atoms with Crippen molar-refractivity contribution < 1.29 is 8.42 Å². The lowest BCUT2D eigenvalue weighted by Crippen LogP contribution is -2.28. The molecule has 0 amide bonds. The smallest absolute Gasteiger partial charge is 0.212 e. The highest BCUT2D eigenvalue weighted by Crippen LogP contribution is 2.20. The molecule has 0 spiro atoms. The van der Waals surface area contributed by atoms with E-state index in [1.165, 1.54) is 0 Å². The molecule has 0 aromatic heterocycles. The lowest BCUT2D eigenvalue weighted by Gasteiger charge is -2.17. The van der Waals surface area contributed by atoms with E-state index in [1.54, 1.807) is 24.3 Å². The zero-order valence-corrected chi connectivity index (χ0v) is 14.5. The van der Waals surface area contributed by atoms with E-state index in [-0.39, 0.29) is 11.8 Å². The fourth-order valence-corrected chi connectivity index (χ4v) is 3.91. The molecule has 0 radical (unpaired) electrons. The first-order valence-corrected chi connectivity index (χ1v) is 9.11. The van der Waals surface area contributed by atoms with Gasteiger partial charge in [0.15, 0.2) is 0 Å². The summed E-state index contributed by atoms with van der Waals surface area (Å²) >= 11 is 5.81. The Morgan fingerprint density at radius 1 is 1.09 bits per heavy atom. The van der Waals surface area contributed by atoms with Crippen LogP contribution in [0.2, 0.25) is 5.02 Å². The van der Waals surface area contributed by atoms with Crippen LogP contribution < -0.4 is 4.72 Å². The van der Waals surface area contributed by atoms with Crippen LogP contribution in [0.3, 0.4) is 0 Å². The predicted molar refractivity (Wildman–Crippen MR) is 91.5 cm³/mol. The number of aryl methyl sites for hydroxylation is 2. The van der Waals surface area contributed by atoms with Crippen LogP contribution in [0.1, 0.15) is 35.2 Å². The molecule has 0 fully saturated rings. The molecule has 0 bridgehead atoms. The molecule has 118 valence electrons. The lowest BCUT2D eigenvalue weighted by molar-refractivity contribution is 0.565. The zero-order valence-electron chi connectivity index (χ0n) is 12.9. The molecule has 1 N–H and O–H groups in total. The van der Waals surface area contributed by atoms with Crippen LogP contribution in [0.25, 0.3) is 0 Å². The van der Waals surface area contributed by atoms with Crippen molar-refractivity contribution in [1.82, 2.24) is 4.72 Å². The summed E-state index contributed by atoms with van der Waals surface area (Å²) in [6.45, 7) is 5.85. The number of hydrogen-bond donors (Lipinski definition) is 1. The average molecular weight is 338 g/mol. The van der Waals surface area contributed by atoms with Crippen LogP contribution in [0.4, 0.5) is 0 Å². The first-order chi connectivity index (χ1) is 10.3. The SMILES string of the molecule is Cc1ccc(C)c([C@@H](C)NS(=O)(=O)Cc2ccc(Cl)cc2)c1. The third-order valence-corrected chi connectivity index (χ3v) is 5.21. The Kier molecular flexibility index (Phi) is 5.27. The van der Waals surface area contributed by atoms with E-state index in [1.807, 2.05) is 39.0 Å². The predicted octanol–water partition coefficient (Wildman–Crippen LogP) is 4.14. The van der Waals surface area contributed by atoms with Gasteiger partial charge < -0.3 is 0 Å². The number of rotatable bonds is 5. The van der Waals surface area contributed by atoms with E-state index in [9.17, 15) is 8.42 Å². The highest BCUT2D eigenvalue weighted by Gasteiger charge is 2.18. The molecule has 0 saturated carbocycles. The minimum Gasteiger partial charge on any atom is -0.212 e. The molecule has 5 heteroatoms. The molecule has 2 aromatic carbocycles. The molecule has 2 aromatic rings. The maximum absolute atomic E-state index is 12.3. The average Bonchev–Trinajstić information content (AvgIpc) is 2.43. The number of benzene rings is 2. The third kappa shape index (κ3) is 4.57. The fraction of sp³-hybridized carbons (Fsp3) is 0.294. The molecule has 0 aliphatic rings. The van der Waals surface area contributed by atoms with Gasteiger partial charge in [-0.2, -0.15) is 0 Å². The molecular formula is C17H20ClNO2S. The molecule has 1 atom stereocenters. The summed E-state index contributed by atoms with van der Waals surface area (Å²) in [7, 11) is -3.42. The van der Waals surface area contributed by atoms with Crippen LogP contribution in [0.15, 0.2) is 42.5 Å². The Balaban J connectivity index is 2.14. The van der Waals surface area contributed by atoms with Crippen LogP contribution in [0.5, 0.6) is 0 Å². The molecule has 0 aliphatic heterocycles. The van der Waals surface area contributed by atoms with E-state index < -0.39 is 10.0 Å². The molecule has 0 aliphatic carbocycles. The Labute approximate surface area is 137 Å². The number of halogens is 1. The molecule has 0 heterocycles. The van der Waals surface area contributed by atoms with Gasteiger partial charge in [-0.25, -0.2) is 13.1 Å². The zero-order chi connectivity index (χ0) is 16.3. The number of sulfonamides is 1. The van der Waals surface area contributed by atoms with Crippen molar-refractivity contribution in [2.45, 2.75) is 32.6 Å². The van der Waals surface area contributed by atoms with Gasteiger partial charge in [0.2, 0.25) is 10.0 Å². The van der Waals surface area contributed by atoms with Crippen molar-refractivity contribution in [2.24, 2.45) is 0 Å². The minimum absolute atomic E-state index is 0.0562. The molecule has 3 nitrogen and oxygen atoms in total. The third-order valence-electron chi connectivity index (χ3n) is 3.53. The van der Waals surface area contributed by atoms with Crippen LogP contribution in [-0.4, -0.2) is 8.42 Å². The van der Waals surface area contributed by atoms with Gasteiger partial charge in [-0.05, 0) is 49.6 Å². The lowest BCUT2D eigenvalue weighted by atomic mass is 10.0. The number of hydrogen-bond acceptors (Lipinski definition) is 2. The van der Waals surface area contributed by atoms with Crippen molar-refractivity contribution in [1.29, 1.82) is 0 Å². The van der Waals surface area contributed by atoms with Crippen LogP contribution in [0, 0.1) is 13.8 Å². The van der Waals surface area contributed by atoms with Crippen LogP contribution in [-0.2, 0) is 15.8 Å². The van der Waals surface area contributed by atoms with Gasteiger partial charge in [-0.15, -0.1) is 0 Å². The normalized spacial score (nSPS) is 13.1. The van der Waals surface area contributed by atoms with Crippen molar-refractivity contribution >= 4 is 21.6 Å². The standard InChI is InChI=1S/C17H20ClNO2S/c1-12-4-5-13(2)17(10-12)14(3)19-22(20,21)11-15-6-8-16(18)9-7-15/h4-10,14,19H,11H2,1-3H3/t14-/m1/s1. The molecule has 22 heavy (non-hydrogen) atoms. The Morgan fingerprint density at radius 3 is 2.36 bits per heavy atom. The first kappa shape index (κ1) is 17.0. The second-order valence-corrected chi connectivity index (χ2v) is 7.78. The summed E-state index contributed by atoms with van der Waals surface area (Å²) in [6.07, 6.45) is 0. The summed E-state index contributed by atoms with van der Waals surface area (Å²) in [6, 6.07) is 12.6. The highest BCUT2D eigenvalue weighted by molar-refractivity contribution is 7.88. The van der Waals surface area contributed by atoms with Gasteiger partial charge in [0.25, 0.3) is 0 Å². The summed E-state index contributed by atoms with van der Waals surface area (Å²) in [5.74, 6) is -0.0562. The van der Waals surface area contributed by atoms with Crippen molar-refractivity contribution in [3.63, 3.8) is 0 Å². The fourth-order valence-electron chi connectivity index (χ4n) is 2.40. The summed E-state index contributed by atoms with van der Waals surface area (Å²) in [5.41, 5.74) is 3.90. The van der Waals surface area contributed by atoms with Gasteiger partial charge in [0, 0.05) is 11.1 Å². The topological polar surface area (TPSA) is 46.2 Å². The summed E-state index contributed by atoms with van der Waals surface area (Å²) in [5, 5.41) is 0.595. The Morgan fingerprint density at radius 2 is 1.73 bits per heavy atom. The van der Waals surface area contributed by atoms with E-state index in [0.29, 0.717) is 10.6 Å². The molecule has 0 unspecified atom stereocenters. The minimum atomic E-state index is -3.42. The van der Waals surface area contributed by atoms with E-state index in [4.69, 9.17) is 11.6 Å². The monoisotopic (exact) mass is 337 g/mol. The maximum Gasteiger partial charge on any atom is 0.216 e. The quantitative estimate of drug-likeness (QED) is 0.891. The second kappa shape index (κ2) is 6.82. The van der Waals surface area contributed by atoms with E-state index >= 15 is 0 Å².